The van der Waals surface area contributed by atoms with Gasteiger partial charge in [0.2, 0.25) is 11.7 Å². The first-order valence-corrected chi connectivity index (χ1v) is 8.57. The molecule has 0 bridgehead atoms. The molecule has 4 rings (SSSR count). The monoisotopic (exact) mass is 338 g/mol. The van der Waals surface area contributed by atoms with Gasteiger partial charge in [-0.25, -0.2) is 0 Å². The number of aromatic nitrogens is 3. The molecule has 130 valence electrons. The minimum absolute atomic E-state index is 0.413. The van der Waals surface area contributed by atoms with Crippen LogP contribution < -0.4 is 4.74 Å². The van der Waals surface area contributed by atoms with Crippen molar-refractivity contribution < 1.29 is 9.26 Å². The molecule has 0 N–H and O–H groups in total. The fourth-order valence-electron chi connectivity index (χ4n) is 3.52. The molecule has 1 fully saturated rings. The van der Waals surface area contributed by atoms with Gasteiger partial charge in [0.25, 0.3) is 0 Å². The van der Waals surface area contributed by atoms with E-state index in [0.29, 0.717) is 24.3 Å². The average Bonchev–Trinajstić information content (AvgIpc) is 3.37. The van der Waals surface area contributed by atoms with Crippen LogP contribution in [0.4, 0.5) is 0 Å². The summed E-state index contributed by atoms with van der Waals surface area (Å²) in [4.78, 5) is 6.99. The van der Waals surface area contributed by atoms with Gasteiger partial charge in [-0.05, 0) is 55.8 Å². The Hall–Kier alpha value is -2.60. The third-order valence-electron chi connectivity index (χ3n) is 4.84. The van der Waals surface area contributed by atoms with Crippen LogP contribution in [0.25, 0.3) is 11.4 Å². The van der Waals surface area contributed by atoms with Gasteiger partial charge >= 0.3 is 0 Å². The van der Waals surface area contributed by atoms with E-state index in [1.165, 1.54) is 12.1 Å². The molecule has 6 nitrogen and oxygen atoms in total. The van der Waals surface area contributed by atoms with Crippen molar-refractivity contribution in [1.29, 1.82) is 0 Å². The summed E-state index contributed by atoms with van der Waals surface area (Å²) in [5.74, 6) is 2.09. The number of benzene rings is 1. The van der Waals surface area contributed by atoms with Crippen LogP contribution in [0.1, 0.15) is 30.5 Å². The maximum Gasteiger partial charge on any atom is 0.241 e. The highest BCUT2D eigenvalue weighted by atomic mass is 16.5. The Morgan fingerprint density at radius 3 is 2.80 bits per heavy atom. The van der Waals surface area contributed by atoms with Gasteiger partial charge in [0.05, 0.1) is 19.7 Å². The standard InChI is InChI=1S/C19H22N4O2/c1-22-11-3-5-16(22)17-6-4-12-23(17)13-18-20-19(21-25-18)14-7-9-15(24-2)10-8-14/h3,5,7-11,17H,4,6,12-13H2,1-2H3. The fourth-order valence-corrected chi connectivity index (χ4v) is 3.52. The molecule has 2 aromatic heterocycles. The number of methoxy groups -OCH3 is 1. The Labute approximate surface area is 147 Å². The first kappa shape index (κ1) is 15.9. The summed E-state index contributed by atoms with van der Waals surface area (Å²) in [6, 6.07) is 12.4. The molecule has 0 amide bonds. The van der Waals surface area contributed by atoms with E-state index in [9.17, 15) is 0 Å². The molecule has 1 unspecified atom stereocenters. The summed E-state index contributed by atoms with van der Waals surface area (Å²) in [5, 5.41) is 4.13. The molecule has 1 saturated heterocycles. The third kappa shape index (κ3) is 3.17. The topological polar surface area (TPSA) is 56.3 Å². The van der Waals surface area contributed by atoms with Crippen LogP contribution in [0.2, 0.25) is 0 Å². The molecule has 1 aliphatic heterocycles. The van der Waals surface area contributed by atoms with Gasteiger partial charge < -0.3 is 13.8 Å². The lowest BCUT2D eigenvalue weighted by Gasteiger charge is -2.23. The Bertz CT molecular complexity index is 837. The van der Waals surface area contributed by atoms with Crippen LogP contribution in [0, 0.1) is 0 Å². The van der Waals surface area contributed by atoms with Crippen LogP contribution in [0.3, 0.4) is 0 Å². The largest absolute Gasteiger partial charge is 0.497 e. The molecule has 1 aromatic carbocycles. The zero-order chi connectivity index (χ0) is 17.2. The predicted molar refractivity (Wildman–Crippen MR) is 94.1 cm³/mol. The summed E-state index contributed by atoms with van der Waals surface area (Å²) >= 11 is 0. The van der Waals surface area contributed by atoms with E-state index in [1.54, 1.807) is 7.11 Å². The van der Waals surface area contributed by atoms with Gasteiger partial charge in [0, 0.05) is 24.5 Å². The summed E-state index contributed by atoms with van der Waals surface area (Å²) < 4.78 is 12.9. The SMILES string of the molecule is COc1ccc(-c2noc(CN3CCCC3c3cccn3C)n2)cc1. The van der Waals surface area contributed by atoms with E-state index in [4.69, 9.17) is 9.26 Å². The first-order chi connectivity index (χ1) is 12.2. The van der Waals surface area contributed by atoms with E-state index < -0.39 is 0 Å². The number of ether oxygens (including phenoxy) is 1. The lowest BCUT2D eigenvalue weighted by Crippen LogP contribution is -2.24. The number of likely N-dealkylation sites (tertiary alicyclic amines) is 1. The van der Waals surface area contributed by atoms with Crippen molar-refractivity contribution in [2.24, 2.45) is 7.05 Å². The summed E-state index contributed by atoms with van der Waals surface area (Å²) in [6.07, 6.45) is 4.45. The predicted octanol–water partition coefficient (Wildman–Crippen LogP) is 3.42. The van der Waals surface area contributed by atoms with Crippen LogP contribution in [0.5, 0.6) is 5.75 Å². The molecular formula is C19H22N4O2. The van der Waals surface area contributed by atoms with E-state index in [1.807, 2.05) is 24.3 Å². The smallest absolute Gasteiger partial charge is 0.241 e. The zero-order valence-corrected chi connectivity index (χ0v) is 14.6. The highest BCUT2D eigenvalue weighted by Crippen LogP contribution is 2.33. The molecule has 1 aliphatic rings. The molecule has 0 spiro atoms. The molecule has 3 aromatic rings. The van der Waals surface area contributed by atoms with Gasteiger partial charge in [-0.2, -0.15) is 4.98 Å². The number of hydrogen-bond acceptors (Lipinski definition) is 5. The highest BCUT2D eigenvalue weighted by Gasteiger charge is 2.29. The van der Waals surface area contributed by atoms with Crippen molar-refractivity contribution >= 4 is 0 Å². The normalized spacial score (nSPS) is 17.9. The Kier molecular flexibility index (Phi) is 4.28. The molecule has 6 heteroatoms. The van der Waals surface area contributed by atoms with Crippen molar-refractivity contribution in [2.45, 2.75) is 25.4 Å². The summed E-state index contributed by atoms with van der Waals surface area (Å²) in [5.41, 5.74) is 2.27. The molecule has 1 atom stereocenters. The van der Waals surface area contributed by atoms with Crippen molar-refractivity contribution in [3.05, 3.63) is 54.2 Å². The van der Waals surface area contributed by atoms with Crippen LogP contribution in [-0.2, 0) is 13.6 Å². The lowest BCUT2D eigenvalue weighted by atomic mass is 10.1. The molecular weight excluding hydrogens is 316 g/mol. The second-order valence-corrected chi connectivity index (χ2v) is 6.41. The Morgan fingerprint density at radius 2 is 2.08 bits per heavy atom. The second-order valence-electron chi connectivity index (χ2n) is 6.41. The van der Waals surface area contributed by atoms with Gasteiger partial charge in [-0.1, -0.05) is 5.16 Å². The minimum atomic E-state index is 0.413. The van der Waals surface area contributed by atoms with Gasteiger partial charge in [-0.3, -0.25) is 4.90 Å². The van der Waals surface area contributed by atoms with Gasteiger partial charge in [0.1, 0.15) is 5.75 Å². The maximum atomic E-state index is 5.49. The van der Waals surface area contributed by atoms with Crippen molar-refractivity contribution in [3.8, 4) is 17.1 Å². The summed E-state index contributed by atoms with van der Waals surface area (Å²) in [6.45, 7) is 1.73. The zero-order valence-electron chi connectivity index (χ0n) is 14.6. The van der Waals surface area contributed by atoms with Crippen LogP contribution in [-0.4, -0.2) is 33.3 Å². The maximum absolute atomic E-state index is 5.49. The molecule has 0 saturated carbocycles. The van der Waals surface area contributed by atoms with Crippen molar-refractivity contribution in [1.82, 2.24) is 19.6 Å². The Morgan fingerprint density at radius 1 is 1.24 bits per heavy atom. The fraction of sp³-hybridized carbons (Fsp3) is 0.368. The lowest BCUT2D eigenvalue weighted by molar-refractivity contribution is 0.207. The van der Waals surface area contributed by atoms with E-state index >= 15 is 0 Å². The van der Waals surface area contributed by atoms with Crippen molar-refractivity contribution in [2.75, 3.05) is 13.7 Å². The van der Waals surface area contributed by atoms with Crippen LogP contribution >= 0.6 is 0 Å². The number of aryl methyl sites for hydroxylation is 1. The number of rotatable bonds is 5. The Balaban J connectivity index is 1.49. The number of nitrogens with zero attached hydrogens (tertiary/aromatic N) is 4. The average molecular weight is 338 g/mol. The first-order valence-electron chi connectivity index (χ1n) is 8.57. The highest BCUT2D eigenvalue weighted by molar-refractivity contribution is 5.55. The minimum Gasteiger partial charge on any atom is -0.497 e. The van der Waals surface area contributed by atoms with Gasteiger partial charge in [-0.15, -0.1) is 0 Å². The second kappa shape index (κ2) is 6.72. The van der Waals surface area contributed by atoms with Gasteiger partial charge in [0.15, 0.2) is 0 Å². The molecule has 25 heavy (non-hydrogen) atoms. The summed E-state index contributed by atoms with van der Waals surface area (Å²) in [7, 11) is 3.75. The van der Waals surface area contributed by atoms with E-state index in [0.717, 1.165) is 24.3 Å². The quantitative estimate of drug-likeness (QED) is 0.713. The molecule has 0 aliphatic carbocycles. The van der Waals surface area contributed by atoms with E-state index in [2.05, 4.69) is 45.0 Å². The molecule has 0 radical (unpaired) electrons. The third-order valence-corrected chi connectivity index (χ3v) is 4.84. The number of hydrogen-bond donors (Lipinski definition) is 0. The van der Waals surface area contributed by atoms with E-state index in [-0.39, 0.29) is 0 Å². The molecule has 3 heterocycles. The van der Waals surface area contributed by atoms with Crippen molar-refractivity contribution in [3.63, 3.8) is 0 Å². The van der Waals surface area contributed by atoms with Crippen LogP contribution in [0.15, 0.2) is 47.1 Å².